The van der Waals surface area contributed by atoms with E-state index in [0.29, 0.717) is 11.5 Å². The van der Waals surface area contributed by atoms with Crippen molar-refractivity contribution in [2.45, 2.75) is 44.8 Å². The van der Waals surface area contributed by atoms with Crippen LogP contribution in [-0.2, 0) is 14.3 Å². The predicted molar refractivity (Wildman–Crippen MR) is 56.4 cm³/mol. The van der Waals surface area contributed by atoms with Gasteiger partial charge in [0, 0.05) is 5.92 Å². The smallest absolute Gasteiger partial charge is 0.336 e. The molecule has 1 aliphatic heterocycles. The lowest BCUT2D eigenvalue weighted by molar-refractivity contribution is -0.185. The molecular formula is C12H18O3. The quantitative estimate of drug-likeness (QED) is 0.621. The van der Waals surface area contributed by atoms with E-state index in [1.165, 1.54) is 7.11 Å². The van der Waals surface area contributed by atoms with Gasteiger partial charge in [-0.1, -0.05) is 6.08 Å². The summed E-state index contributed by atoms with van der Waals surface area (Å²) in [7, 11) is 1.41. The Morgan fingerprint density at radius 2 is 2.20 bits per heavy atom. The molecule has 2 aliphatic rings. The fourth-order valence-corrected chi connectivity index (χ4v) is 2.63. The first-order valence-electron chi connectivity index (χ1n) is 5.40. The van der Waals surface area contributed by atoms with Crippen molar-refractivity contribution in [3.63, 3.8) is 0 Å². The molecule has 0 spiro atoms. The van der Waals surface area contributed by atoms with E-state index in [-0.39, 0.29) is 11.6 Å². The molecule has 0 saturated carbocycles. The van der Waals surface area contributed by atoms with Gasteiger partial charge in [0.2, 0.25) is 0 Å². The lowest BCUT2D eigenvalue weighted by Crippen LogP contribution is -2.56. The normalized spacial score (nSPS) is 37.3. The summed E-state index contributed by atoms with van der Waals surface area (Å²) >= 11 is 0. The van der Waals surface area contributed by atoms with Gasteiger partial charge in [-0.25, -0.2) is 4.79 Å². The zero-order chi connectivity index (χ0) is 11.3. The summed E-state index contributed by atoms with van der Waals surface area (Å²) < 4.78 is 10.8. The van der Waals surface area contributed by atoms with Gasteiger partial charge in [-0.3, -0.25) is 0 Å². The Morgan fingerprint density at radius 3 is 2.80 bits per heavy atom. The second-order valence-electron chi connectivity index (χ2n) is 5.19. The minimum Gasteiger partial charge on any atom is -0.466 e. The maximum absolute atomic E-state index is 11.5. The molecule has 0 aromatic heterocycles. The molecule has 1 aliphatic carbocycles. The monoisotopic (exact) mass is 210 g/mol. The molecule has 0 N–H and O–H groups in total. The molecule has 0 aromatic rings. The topological polar surface area (TPSA) is 35.5 Å². The third-order valence-corrected chi connectivity index (χ3v) is 3.56. The third kappa shape index (κ3) is 1.49. The van der Waals surface area contributed by atoms with Crippen LogP contribution < -0.4 is 0 Å². The van der Waals surface area contributed by atoms with Gasteiger partial charge in [-0.15, -0.1) is 0 Å². The second kappa shape index (κ2) is 3.08. The van der Waals surface area contributed by atoms with E-state index < -0.39 is 5.60 Å². The number of carbonyl (C=O) groups is 1. The number of carbonyl (C=O) groups excluding carboxylic acids is 1. The highest BCUT2D eigenvalue weighted by Gasteiger charge is 2.54. The van der Waals surface area contributed by atoms with Crippen molar-refractivity contribution in [2.24, 2.45) is 5.92 Å². The van der Waals surface area contributed by atoms with Crippen LogP contribution in [0.2, 0.25) is 0 Å². The lowest BCUT2D eigenvalue weighted by atomic mass is 9.66. The van der Waals surface area contributed by atoms with Gasteiger partial charge < -0.3 is 9.47 Å². The van der Waals surface area contributed by atoms with Gasteiger partial charge in [-0.05, 0) is 33.6 Å². The molecule has 0 unspecified atom stereocenters. The SMILES string of the molecule is COC(=O)C1=C[C@@H]2CCC(C)(C)O[C@@]12C. The first kappa shape index (κ1) is 10.7. The van der Waals surface area contributed by atoms with Gasteiger partial charge in [0.25, 0.3) is 0 Å². The van der Waals surface area contributed by atoms with Crippen LogP contribution >= 0.6 is 0 Å². The summed E-state index contributed by atoms with van der Waals surface area (Å²) in [6.07, 6.45) is 4.11. The summed E-state index contributed by atoms with van der Waals surface area (Å²) in [6, 6.07) is 0. The summed E-state index contributed by atoms with van der Waals surface area (Å²) in [5, 5.41) is 0. The Kier molecular flexibility index (Phi) is 2.19. The molecule has 0 bridgehead atoms. The predicted octanol–water partition coefficient (Wildman–Crippen LogP) is 2.06. The van der Waals surface area contributed by atoms with Crippen LogP contribution in [0.1, 0.15) is 33.6 Å². The van der Waals surface area contributed by atoms with Crippen LogP contribution in [0, 0.1) is 5.92 Å². The number of esters is 1. The Balaban J connectivity index is 2.23. The van der Waals surface area contributed by atoms with E-state index in [1.54, 1.807) is 0 Å². The molecule has 2 rings (SSSR count). The molecule has 1 saturated heterocycles. The second-order valence-corrected chi connectivity index (χ2v) is 5.19. The lowest BCUT2D eigenvalue weighted by Gasteiger charge is -2.53. The zero-order valence-corrected chi connectivity index (χ0v) is 9.79. The standard InChI is InChI=1S/C12H18O3/c1-11(2)6-5-8-7-9(10(13)14-4)12(8,3)15-11/h7-8H,5-6H2,1-4H3/t8-,12+/m0/s1. The zero-order valence-electron chi connectivity index (χ0n) is 9.79. The van der Waals surface area contributed by atoms with E-state index >= 15 is 0 Å². The van der Waals surface area contributed by atoms with Crippen LogP contribution in [-0.4, -0.2) is 24.3 Å². The van der Waals surface area contributed by atoms with Crippen molar-refractivity contribution in [1.82, 2.24) is 0 Å². The van der Waals surface area contributed by atoms with Crippen molar-refractivity contribution >= 4 is 5.97 Å². The Morgan fingerprint density at radius 1 is 1.53 bits per heavy atom. The van der Waals surface area contributed by atoms with Crippen LogP contribution in [0.25, 0.3) is 0 Å². The number of methoxy groups -OCH3 is 1. The Bertz CT molecular complexity index is 330. The van der Waals surface area contributed by atoms with Crippen LogP contribution in [0.5, 0.6) is 0 Å². The van der Waals surface area contributed by atoms with Crippen molar-refractivity contribution in [2.75, 3.05) is 7.11 Å². The van der Waals surface area contributed by atoms with E-state index in [9.17, 15) is 4.79 Å². The molecule has 0 radical (unpaired) electrons. The Hall–Kier alpha value is -0.830. The fraction of sp³-hybridized carbons (Fsp3) is 0.750. The van der Waals surface area contributed by atoms with Gasteiger partial charge >= 0.3 is 5.97 Å². The average molecular weight is 210 g/mol. The first-order chi connectivity index (χ1) is 6.89. The van der Waals surface area contributed by atoms with Crippen molar-refractivity contribution in [3.8, 4) is 0 Å². The molecule has 1 fully saturated rings. The highest BCUT2D eigenvalue weighted by atomic mass is 16.5. The number of rotatable bonds is 1. The van der Waals surface area contributed by atoms with E-state index in [4.69, 9.17) is 9.47 Å². The first-order valence-corrected chi connectivity index (χ1v) is 5.40. The Labute approximate surface area is 90.4 Å². The average Bonchev–Trinajstić information content (AvgIpc) is 2.12. The van der Waals surface area contributed by atoms with E-state index in [0.717, 1.165) is 12.8 Å². The molecule has 0 aromatic carbocycles. The molecular weight excluding hydrogens is 192 g/mol. The molecule has 3 nitrogen and oxygen atoms in total. The highest BCUT2D eigenvalue weighted by Crippen LogP contribution is 2.50. The molecule has 2 atom stereocenters. The van der Waals surface area contributed by atoms with Crippen LogP contribution in [0.4, 0.5) is 0 Å². The number of hydrogen-bond donors (Lipinski definition) is 0. The van der Waals surface area contributed by atoms with Gasteiger partial charge in [-0.2, -0.15) is 0 Å². The summed E-state index contributed by atoms with van der Waals surface area (Å²) in [6.45, 7) is 6.13. The van der Waals surface area contributed by atoms with Crippen molar-refractivity contribution in [3.05, 3.63) is 11.6 Å². The minimum absolute atomic E-state index is 0.140. The van der Waals surface area contributed by atoms with E-state index in [1.807, 2.05) is 13.0 Å². The number of fused-ring (bicyclic) bond motifs is 1. The molecule has 0 amide bonds. The van der Waals surface area contributed by atoms with Gasteiger partial charge in [0.1, 0.15) is 5.60 Å². The maximum Gasteiger partial charge on any atom is 0.336 e. The third-order valence-electron chi connectivity index (χ3n) is 3.56. The van der Waals surface area contributed by atoms with Crippen molar-refractivity contribution < 1.29 is 14.3 Å². The molecule has 1 heterocycles. The van der Waals surface area contributed by atoms with Crippen LogP contribution in [0.3, 0.4) is 0 Å². The summed E-state index contributed by atoms with van der Waals surface area (Å²) in [5.74, 6) is 0.117. The van der Waals surface area contributed by atoms with Crippen LogP contribution in [0.15, 0.2) is 11.6 Å². The number of hydrogen-bond acceptors (Lipinski definition) is 3. The largest absolute Gasteiger partial charge is 0.466 e. The maximum atomic E-state index is 11.5. The molecule has 15 heavy (non-hydrogen) atoms. The van der Waals surface area contributed by atoms with Crippen molar-refractivity contribution in [1.29, 1.82) is 0 Å². The summed E-state index contributed by atoms with van der Waals surface area (Å²) in [5.41, 5.74) is 0.121. The number of ether oxygens (including phenoxy) is 2. The molecule has 84 valence electrons. The summed E-state index contributed by atoms with van der Waals surface area (Å²) in [4.78, 5) is 11.5. The highest BCUT2D eigenvalue weighted by molar-refractivity contribution is 5.93. The molecule has 3 heteroatoms. The fourth-order valence-electron chi connectivity index (χ4n) is 2.63. The van der Waals surface area contributed by atoms with E-state index in [2.05, 4.69) is 13.8 Å². The van der Waals surface area contributed by atoms with Gasteiger partial charge in [0.15, 0.2) is 0 Å². The van der Waals surface area contributed by atoms with Gasteiger partial charge in [0.05, 0.1) is 18.3 Å². The minimum atomic E-state index is -0.422.